The van der Waals surface area contributed by atoms with Gasteiger partial charge in [-0.15, -0.1) is 0 Å². The van der Waals surface area contributed by atoms with Crippen molar-refractivity contribution >= 4 is 33.2 Å². The minimum atomic E-state index is 0.595. The molecule has 0 radical (unpaired) electrons. The average molecular weight is 342 g/mol. The second-order valence-electron chi connectivity index (χ2n) is 3.89. The highest BCUT2D eigenvalue weighted by molar-refractivity contribution is 9.10. The number of ether oxygens (including phenoxy) is 1. The molecule has 100 valence electrons. The number of anilines is 1. The summed E-state index contributed by atoms with van der Waals surface area (Å²) in [6.45, 7) is 3.22. The summed E-state index contributed by atoms with van der Waals surface area (Å²) >= 11 is 9.38. The van der Waals surface area contributed by atoms with Gasteiger partial charge in [0, 0.05) is 17.2 Å². The van der Waals surface area contributed by atoms with Crippen molar-refractivity contribution in [3.8, 4) is 5.88 Å². The predicted octanol–water partition coefficient (Wildman–Crippen LogP) is 4.51. The van der Waals surface area contributed by atoms with Gasteiger partial charge in [0.05, 0.1) is 17.3 Å². The van der Waals surface area contributed by atoms with Gasteiger partial charge in [-0.2, -0.15) is 0 Å². The van der Waals surface area contributed by atoms with Crippen molar-refractivity contribution in [1.29, 1.82) is 0 Å². The zero-order valence-corrected chi connectivity index (χ0v) is 12.8. The lowest BCUT2D eigenvalue weighted by Crippen LogP contribution is -2.04. The van der Waals surface area contributed by atoms with Crippen LogP contribution in [0.3, 0.4) is 0 Å². The van der Waals surface area contributed by atoms with Crippen molar-refractivity contribution in [1.82, 2.24) is 4.98 Å². The van der Waals surface area contributed by atoms with Crippen LogP contribution in [0.1, 0.15) is 12.5 Å². The number of nitrogens with zero attached hydrogens (tertiary/aromatic N) is 1. The Morgan fingerprint density at radius 2 is 2.21 bits per heavy atom. The van der Waals surface area contributed by atoms with Crippen molar-refractivity contribution in [3.05, 3.63) is 51.6 Å². The molecule has 1 N–H and O–H groups in total. The first-order valence-corrected chi connectivity index (χ1v) is 7.13. The number of halogens is 2. The van der Waals surface area contributed by atoms with Crippen molar-refractivity contribution in [2.45, 2.75) is 13.5 Å². The number of nitrogens with one attached hydrogen (secondary N) is 1. The van der Waals surface area contributed by atoms with E-state index in [1.165, 1.54) is 0 Å². The highest BCUT2D eigenvalue weighted by Crippen LogP contribution is 2.25. The highest BCUT2D eigenvalue weighted by Gasteiger charge is 2.04. The molecule has 0 saturated carbocycles. The molecule has 0 aliphatic heterocycles. The van der Waals surface area contributed by atoms with Crippen LogP contribution in [0.25, 0.3) is 0 Å². The van der Waals surface area contributed by atoms with Gasteiger partial charge < -0.3 is 10.1 Å². The van der Waals surface area contributed by atoms with Crippen LogP contribution in [-0.2, 0) is 6.54 Å². The van der Waals surface area contributed by atoms with Gasteiger partial charge in [0.2, 0.25) is 5.88 Å². The second-order valence-corrected chi connectivity index (χ2v) is 5.15. The van der Waals surface area contributed by atoms with E-state index in [1.807, 2.05) is 37.3 Å². The van der Waals surface area contributed by atoms with E-state index in [0.29, 0.717) is 24.1 Å². The summed E-state index contributed by atoms with van der Waals surface area (Å²) < 4.78 is 6.36. The van der Waals surface area contributed by atoms with Gasteiger partial charge in [0.15, 0.2) is 0 Å². The van der Waals surface area contributed by atoms with Gasteiger partial charge in [-0.3, -0.25) is 0 Å². The van der Waals surface area contributed by atoms with Gasteiger partial charge in [-0.25, -0.2) is 4.98 Å². The minimum absolute atomic E-state index is 0.595. The molecular weight excluding hydrogens is 328 g/mol. The van der Waals surface area contributed by atoms with Gasteiger partial charge in [0.25, 0.3) is 0 Å². The van der Waals surface area contributed by atoms with Crippen LogP contribution in [0.5, 0.6) is 5.88 Å². The Labute approximate surface area is 126 Å². The van der Waals surface area contributed by atoms with Crippen molar-refractivity contribution in [2.24, 2.45) is 0 Å². The Morgan fingerprint density at radius 1 is 1.37 bits per heavy atom. The fraction of sp³-hybridized carbons (Fsp3) is 0.214. The largest absolute Gasteiger partial charge is 0.476 e. The average Bonchev–Trinajstić information content (AvgIpc) is 2.42. The molecule has 3 nitrogen and oxygen atoms in total. The second kappa shape index (κ2) is 6.78. The van der Waals surface area contributed by atoms with Crippen LogP contribution < -0.4 is 10.1 Å². The Hall–Kier alpha value is -1.26. The monoisotopic (exact) mass is 340 g/mol. The summed E-state index contributed by atoms with van der Waals surface area (Å²) in [6.07, 6.45) is 1.72. The molecule has 2 rings (SSSR count). The van der Waals surface area contributed by atoms with Gasteiger partial charge in [-0.05, 0) is 52.7 Å². The fourth-order valence-corrected chi connectivity index (χ4v) is 2.17. The topological polar surface area (TPSA) is 34.1 Å². The van der Waals surface area contributed by atoms with Crippen molar-refractivity contribution in [3.63, 3.8) is 0 Å². The third-order valence-corrected chi connectivity index (χ3v) is 3.73. The maximum atomic E-state index is 5.97. The first-order valence-electron chi connectivity index (χ1n) is 5.96. The number of aromatic nitrogens is 1. The van der Waals surface area contributed by atoms with E-state index in [4.69, 9.17) is 16.3 Å². The summed E-state index contributed by atoms with van der Waals surface area (Å²) in [6, 6.07) is 9.67. The zero-order chi connectivity index (χ0) is 13.7. The van der Waals surface area contributed by atoms with Gasteiger partial charge in [-0.1, -0.05) is 17.7 Å². The van der Waals surface area contributed by atoms with E-state index >= 15 is 0 Å². The molecule has 0 amide bonds. The smallest absolute Gasteiger partial charge is 0.237 e. The Kier molecular flexibility index (Phi) is 5.05. The Bertz CT molecular complexity index is 563. The fourth-order valence-electron chi connectivity index (χ4n) is 1.62. The Balaban J connectivity index is 2.07. The molecule has 0 aliphatic rings. The standard InChI is InChI=1S/C14H14BrClN2O/c1-2-19-14-13(4-3-7-17-14)18-9-10-5-6-12(16)11(15)8-10/h3-8,18H,2,9H2,1H3. The third kappa shape index (κ3) is 3.85. The van der Waals surface area contributed by atoms with Crippen LogP contribution >= 0.6 is 27.5 Å². The van der Waals surface area contributed by atoms with Crippen LogP contribution in [0.15, 0.2) is 41.0 Å². The maximum absolute atomic E-state index is 5.97. The van der Waals surface area contributed by atoms with E-state index < -0.39 is 0 Å². The molecule has 0 bridgehead atoms. The molecule has 0 unspecified atom stereocenters. The molecule has 0 spiro atoms. The van der Waals surface area contributed by atoms with Crippen LogP contribution in [0.4, 0.5) is 5.69 Å². The molecule has 1 aromatic carbocycles. The maximum Gasteiger partial charge on any atom is 0.237 e. The van der Waals surface area contributed by atoms with Crippen molar-refractivity contribution < 1.29 is 4.74 Å². The van der Waals surface area contributed by atoms with E-state index in [-0.39, 0.29) is 0 Å². The molecule has 0 saturated heterocycles. The normalized spacial score (nSPS) is 10.3. The number of rotatable bonds is 5. The SMILES string of the molecule is CCOc1ncccc1NCc1ccc(Cl)c(Br)c1. The number of benzene rings is 1. The quantitative estimate of drug-likeness (QED) is 0.869. The molecule has 0 fully saturated rings. The minimum Gasteiger partial charge on any atom is -0.476 e. The molecule has 1 heterocycles. The lowest BCUT2D eigenvalue weighted by atomic mass is 10.2. The molecule has 2 aromatic rings. The van der Waals surface area contributed by atoms with E-state index in [9.17, 15) is 0 Å². The number of hydrogen-bond donors (Lipinski definition) is 1. The summed E-state index contributed by atoms with van der Waals surface area (Å²) in [4.78, 5) is 4.20. The van der Waals surface area contributed by atoms with Crippen LogP contribution in [0, 0.1) is 0 Å². The first kappa shape index (κ1) is 14.2. The predicted molar refractivity (Wildman–Crippen MR) is 81.9 cm³/mol. The number of hydrogen-bond acceptors (Lipinski definition) is 3. The summed E-state index contributed by atoms with van der Waals surface area (Å²) in [5, 5.41) is 4.02. The molecule has 1 aromatic heterocycles. The lowest BCUT2D eigenvalue weighted by Gasteiger charge is -2.11. The molecule has 5 heteroatoms. The third-order valence-electron chi connectivity index (χ3n) is 2.52. The molecule has 0 aliphatic carbocycles. The summed E-state index contributed by atoms with van der Waals surface area (Å²) in [5.74, 6) is 0.623. The van der Waals surface area contributed by atoms with Gasteiger partial charge in [0.1, 0.15) is 0 Å². The summed E-state index contributed by atoms with van der Waals surface area (Å²) in [5.41, 5.74) is 2.01. The summed E-state index contributed by atoms with van der Waals surface area (Å²) in [7, 11) is 0. The van der Waals surface area contributed by atoms with E-state index in [0.717, 1.165) is 15.7 Å². The Morgan fingerprint density at radius 3 is 2.95 bits per heavy atom. The number of pyridine rings is 1. The van der Waals surface area contributed by atoms with Crippen LogP contribution in [-0.4, -0.2) is 11.6 Å². The highest BCUT2D eigenvalue weighted by atomic mass is 79.9. The van der Waals surface area contributed by atoms with E-state index in [2.05, 4.69) is 26.2 Å². The van der Waals surface area contributed by atoms with Gasteiger partial charge >= 0.3 is 0 Å². The zero-order valence-electron chi connectivity index (χ0n) is 10.5. The molecule has 19 heavy (non-hydrogen) atoms. The molecule has 0 atom stereocenters. The van der Waals surface area contributed by atoms with E-state index in [1.54, 1.807) is 6.20 Å². The molecular formula is C14H14BrClN2O. The van der Waals surface area contributed by atoms with Crippen LogP contribution in [0.2, 0.25) is 5.02 Å². The lowest BCUT2D eigenvalue weighted by molar-refractivity contribution is 0.328. The first-order chi connectivity index (χ1) is 9.20. The van der Waals surface area contributed by atoms with Crippen molar-refractivity contribution in [2.75, 3.05) is 11.9 Å².